The minimum absolute atomic E-state index is 0.0591. The third-order valence-corrected chi connectivity index (χ3v) is 3.11. The van der Waals surface area contributed by atoms with E-state index in [0.717, 1.165) is 12.1 Å². The van der Waals surface area contributed by atoms with Crippen molar-refractivity contribution in [3.8, 4) is 0 Å². The maximum Gasteiger partial charge on any atom is 0.221 e. The molecule has 1 aliphatic rings. The van der Waals surface area contributed by atoms with Crippen molar-refractivity contribution in [3.05, 3.63) is 12.4 Å². The van der Waals surface area contributed by atoms with Crippen molar-refractivity contribution in [3.63, 3.8) is 0 Å². The van der Waals surface area contributed by atoms with Gasteiger partial charge < -0.3 is 10.6 Å². The molecule has 1 amide bonds. The van der Waals surface area contributed by atoms with Crippen LogP contribution in [-0.4, -0.2) is 28.8 Å². The Labute approximate surface area is 95.2 Å². The van der Waals surface area contributed by atoms with E-state index < -0.39 is 0 Å². The topological polar surface area (TPSA) is 59.0 Å². The molecule has 1 saturated carbocycles. The van der Waals surface area contributed by atoms with Crippen LogP contribution in [0.1, 0.15) is 32.2 Å². The Bertz CT molecular complexity index is 374. The first-order chi connectivity index (χ1) is 7.70. The molecule has 0 spiro atoms. The molecule has 1 aromatic heterocycles. The zero-order valence-corrected chi connectivity index (χ0v) is 9.73. The first-order valence-corrected chi connectivity index (χ1v) is 5.69. The van der Waals surface area contributed by atoms with Gasteiger partial charge in [-0.25, -0.2) is 0 Å². The molecule has 1 heterocycles. The summed E-state index contributed by atoms with van der Waals surface area (Å²) in [7, 11) is 1.99. The largest absolute Gasteiger partial charge is 0.324 e. The molecule has 1 fully saturated rings. The Balaban J connectivity index is 2.09. The summed E-state index contributed by atoms with van der Waals surface area (Å²) in [4.78, 5) is 10.9. The van der Waals surface area contributed by atoms with Crippen molar-refractivity contribution >= 4 is 11.6 Å². The monoisotopic (exact) mass is 222 g/mol. The molecule has 0 radical (unpaired) electrons. The van der Waals surface area contributed by atoms with Crippen LogP contribution in [0.15, 0.2) is 12.4 Å². The lowest BCUT2D eigenvalue weighted by molar-refractivity contribution is -0.114. The number of nitrogens with zero attached hydrogens (tertiary/aromatic N) is 2. The van der Waals surface area contributed by atoms with Crippen LogP contribution in [0.3, 0.4) is 0 Å². The summed E-state index contributed by atoms with van der Waals surface area (Å²) < 4.78 is 1.96. The van der Waals surface area contributed by atoms with E-state index in [0.29, 0.717) is 12.1 Å². The molecule has 1 aliphatic carbocycles. The van der Waals surface area contributed by atoms with Crippen LogP contribution < -0.4 is 10.6 Å². The Morgan fingerprint density at radius 2 is 2.38 bits per heavy atom. The quantitative estimate of drug-likeness (QED) is 0.806. The highest BCUT2D eigenvalue weighted by atomic mass is 16.1. The van der Waals surface area contributed by atoms with Crippen LogP contribution in [0.25, 0.3) is 0 Å². The molecular formula is C11H18N4O. The van der Waals surface area contributed by atoms with Crippen molar-refractivity contribution < 1.29 is 4.79 Å². The van der Waals surface area contributed by atoms with Gasteiger partial charge in [-0.15, -0.1) is 0 Å². The molecule has 2 unspecified atom stereocenters. The third kappa shape index (κ3) is 2.24. The van der Waals surface area contributed by atoms with E-state index in [1.165, 1.54) is 19.8 Å². The van der Waals surface area contributed by atoms with Gasteiger partial charge in [0.05, 0.1) is 17.9 Å². The van der Waals surface area contributed by atoms with Gasteiger partial charge in [0.25, 0.3) is 0 Å². The highest BCUT2D eigenvalue weighted by Gasteiger charge is 2.27. The molecule has 0 saturated heterocycles. The average Bonchev–Trinajstić information content (AvgIpc) is 2.83. The number of likely N-dealkylation sites (N-methyl/N-ethyl adjacent to an activating group) is 1. The molecule has 1 aromatic rings. The summed E-state index contributed by atoms with van der Waals surface area (Å²) in [5.74, 6) is -0.0591. The Kier molecular flexibility index (Phi) is 3.24. The molecule has 0 aromatic carbocycles. The lowest BCUT2D eigenvalue weighted by Crippen LogP contribution is -2.31. The number of aromatic nitrogens is 2. The van der Waals surface area contributed by atoms with Crippen LogP contribution in [-0.2, 0) is 4.79 Å². The molecule has 5 nitrogen and oxygen atoms in total. The Hall–Kier alpha value is -1.36. The molecule has 88 valence electrons. The number of nitrogens with one attached hydrogen (secondary N) is 2. The molecule has 0 bridgehead atoms. The number of hydrogen-bond acceptors (Lipinski definition) is 3. The van der Waals surface area contributed by atoms with E-state index >= 15 is 0 Å². The van der Waals surface area contributed by atoms with Crippen molar-refractivity contribution in [2.75, 3.05) is 12.4 Å². The maximum absolute atomic E-state index is 10.9. The summed E-state index contributed by atoms with van der Waals surface area (Å²) in [6.45, 7) is 1.50. The predicted octanol–water partition coefficient (Wildman–Crippen LogP) is 1.15. The van der Waals surface area contributed by atoms with Gasteiger partial charge in [-0.2, -0.15) is 5.10 Å². The van der Waals surface area contributed by atoms with Gasteiger partial charge in [-0.05, 0) is 26.3 Å². The molecule has 0 aliphatic heterocycles. The summed E-state index contributed by atoms with van der Waals surface area (Å²) >= 11 is 0. The lowest BCUT2D eigenvalue weighted by atomic mass is 10.2. The van der Waals surface area contributed by atoms with Crippen molar-refractivity contribution in [2.24, 2.45) is 0 Å². The Morgan fingerprint density at radius 3 is 3.06 bits per heavy atom. The number of carbonyl (C=O) groups is 1. The van der Waals surface area contributed by atoms with Gasteiger partial charge in [0.15, 0.2) is 0 Å². The number of amides is 1. The molecule has 2 atom stereocenters. The maximum atomic E-state index is 10.9. The minimum atomic E-state index is -0.0591. The SMILES string of the molecule is CNC1CCCC1n1cc(NC(C)=O)cn1. The molecule has 16 heavy (non-hydrogen) atoms. The second-order valence-corrected chi connectivity index (χ2v) is 4.28. The van der Waals surface area contributed by atoms with Crippen LogP contribution in [0, 0.1) is 0 Å². The molecule has 2 N–H and O–H groups in total. The van der Waals surface area contributed by atoms with Crippen LogP contribution in [0.5, 0.6) is 0 Å². The third-order valence-electron chi connectivity index (χ3n) is 3.11. The normalized spacial score (nSPS) is 24.6. The highest BCUT2D eigenvalue weighted by Crippen LogP contribution is 2.29. The fraction of sp³-hybridized carbons (Fsp3) is 0.636. The van der Waals surface area contributed by atoms with Crippen LogP contribution >= 0.6 is 0 Å². The fourth-order valence-corrected chi connectivity index (χ4v) is 2.38. The predicted molar refractivity (Wildman–Crippen MR) is 62.3 cm³/mol. The van der Waals surface area contributed by atoms with E-state index in [1.807, 2.05) is 17.9 Å². The number of rotatable bonds is 3. The van der Waals surface area contributed by atoms with Gasteiger partial charge in [0.1, 0.15) is 0 Å². The summed E-state index contributed by atoms with van der Waals surface area (Å²) in [6.07, 6.45) is 7.17. The smallest absolute Gasteiger partial charge is 0.221 e. The lowest BCUT2D eigenvalue weighted by Gasteiger charge is -2.19. The van der Waals surface area contributed by atoms with E-state index in [2.05, 4.69) is 15.7 Å². The first-order valence-electron chi connectivity index (χ1n) is 5.69. The zero-order chi connectivity index (χ0) is 11.5. The van der Waals surface area contributed by atoms with E-state index in [4.69, 9.17) is 0 Å². The second-order valence-electron chi connectivity index (χ2n) is 4.28. The van der Waals surface area contributed by atoms with E-state index in [-0.39, 0.29) is 5.91 Å². The Morgan fingerprint density at radius 1 is 1.56 bits per heavy atom. The molecule has 5 heteroatoms. The summed E-state index contributed by atoms with van der Waals surface area (Å²) in [6, 6.07) is 0.901. The molecular weight excluding hydrogens is 204 g/mol. The van der Waals surface area contributed by atoms with E-state index in [9.17, 15) is 4.79 Å². The summed E-state index contributed by atoms with van der Waals surface area (Å²) in [5.41, 5.74) is 0.772. The summed E-state index contributed by atoms with van der Waals surface area (Å²) in [5, 5.41) is 10.4. The van der Waals surface area contributed by atoms with Crippen molar-refractivity contribution in [1.29, 1.82) is 0 Å². The van der Waals surface area contributed by atoms with Gasteiger partial charge >= 0.3 is 0 Å². The number of anilines is 1. The van der Waals surface area contributed by atoms with Gasteiger partial charge in [0.2, 0.25) is 5.91 Å². The second kappa shape index (κ2) is 4.65. The van der Waals surface area contributed by atoms with Crippen LogP contribution in [0.4, 0.5) is 5.69 Å². The number of carbonyl (C=O) groups excluding carboxylic acids is 1. The minimum Gasteiger partial charge on any atom is -0.324 e. The number of hydrogen-bond donors (Lipinski definition) is 2. The molecule has 2 rings (SSSR count). The van der Waals surface area contributed by atoms with Gasteiger partial charge in [-0.1, -0.05) is 0 Å². The standard InChI is InChI=1S/C11H18N4O/c1-8(16)14-9-6-13-15(7-9)11-5-3-4-10(11)12-2/h6-7,10-12H,3-5H2,1-2H3,(H,14,16). The van der Waals surface area contributed by atoms with Gasteiger partial charge in [0, 0.05) is 19.2 Å². The highest BCUT2D eigenvalue weighted by molar-refractivity contribution is 5.88. The van der Waals surface area contributed by atoms with Crippen molar-refractivity contribution in [2.45, 2.75) is 38.3 Å². The van der Waals surface area contributed by atoms with Crippen molar-refractivity contribution in [1.82, 2.24) is 15.1 Å². The average molecular weight is 222 g/mol. The fourth-order valence-electron chi connectivity index (χ4n) is 2.38. The van der Waals surface area contributed by atoms with Crippen LogP contribution in [0.2, 0.25) is 0 Å². The van der Waals surface area contributed by atoms with Gasteiger partial charge in [-0.3, -0.25) is 9.48 Å². The zero-order valence-electron chi connectivity index (χ0n) is 9.73. The van der Waals surface area contributed by atoms with E-state index in [1.54, 1.807) is 6.20 Å². The first kappa shape index (κ1) is 11.1.